The lowest BCUT2D eigenvalue weighted by Crippen LogP contribution is -2.36. The molecule has 1 aliphatic rings. The van der Waals surface area contributed by atoms with Crippen LogP contribution < -0.4 is 15.4 Å². The van der Waals surface area contributed by atoms with Gasteiger partial charge < -0.3 is 15.4 Å². The Hall–Kier alpha value is -2.08. The fourth-order valence-electron chi connectivity index (χ4n) is 3.15. The van der Waals surface area contributed by atoms with Crippen molar-refractivity contribution in [1.82, 2.24) is 15.6 Å². The Balaban J connectivity index is 1.58. The van der Waals surface area contributed by atoms with Crippen LogP contribution in [0.4, 0.5) is 0 Å². The lowest BCUT2D eigenvalue weighted by Gasteiger charge is -2.18. The molecule has 2 aromatic rings. The van der Waals surface area contributed by atoms with Crippen molar-refractivity contribution in [1.29, 1.82) is 0 Å². The number of benzene rings is 1. The molecule has 0 radical (unpaired) electrons. The molecule has 0 bridgehead atoms. The van der Waals surface area contributed by atoms with Crippen LogP contribution in [0.5, 0.6) is 5.75 Å². The van der Waals surface area contributed by atoms with Crippen molar-refractivity contribution in [3.05, 3.63) is 45.4 Å². The lowest BCUT2D eigenvalue weighted by atomic mass is 10.1. The summed E-state index contributed by atoms with van der Waals surface area (Å²) in [5.41, 5.74) is 2.39. The number of aryl methyl sites for hydroxylation is 2. The molecular formula is C20H28N4OS. The zero-order valence-corrected chi connectivity index (χ0v) is 16.7. The van der Waals surface area contributed by atoms with Crippen molar-refractivity contribution in [3.63, 3.8) is 0 Å². The monoisotopic (exact) mass is 372 g/mol. The Morgan fingerprint density at radius 3 is 2.69 bits per heavy atom. The highest BCUT2D eigenvalue weighted by Crippen LogP contribution is 2.27. The number of nitrogens with one attached hydrogen (secondary N) is 2. The number of hydrogen-bond donors (Lipinski definition) is 2. The maximum absolute atomic E-state index is 6.28. The highest BCUT2D eigenvalue weighted by Gasteiger charge is 2.18. The fourth-order valence-corrected chi connectivity index (χ4v) is 3.87. The molecule has 0 atom stereocenters. The number of hydrogen-bond acceptors (Lipinski definition) is 4. The van der Waals surface area contributed by atoms with E-state index >= 15 is 0 Å². The molecule has 1 aromatic carbocycles. The van der Waals surface area contributed by atoms with Crippen LogP contribution in [-0.2, 0) is 13.1 Å². The predicted molar refractivity (Wildman–Crippen MR) is 108 cm³/mol. The molecule has 2 N–H and O–H groups in total. The first kappa shape index (κ1) is 18.7. The largest absolute Gasteiger partial charge is 0.490 e. The molecule has 1 heterocycles. The van der Waals surface area contributed by atoms with E-state index in [4.69, 9.17) is 4.74 Å². The Labute approximate surface area is 159 Å². The number of rotatable bonds is 6. The third-order valence-corrected chi connectivity index (χ3v) is 5.48. The molecule has 26 heavy (non-hydrogen) atoms. The van der Waals surface area contributed by atoms with E-state index in [2.05, 4.69) is 52.7 Å². The third-order valence-electron chi connectivity index (χ3n) is 4.56. The highest BCUT2D eigenvalue weighted by molar-refractivity contribution is 7.11. The number of guanidine groups is 1. The van der Waals surface area contributed by atoms with Crippen LogP contribution in [0.2, 0.25) is 0 Å². The minimum absolute atomic E-state index is 0.362. The van der Waals surface area contributed by atoms with E-state index in [0.717, 1.165) is 35.1 Å². The Morgan fingerprint density at radius 2 is 2.00 bits per heavy atom. The van der Waals surface area contributed by atoms with Crippen LogP contribution in [0.15, 0.2) is 29.4 Å². The van der Waals surface area contributed by atoms with Gasteiger partial charge in [-0.2, -0.15) is 0 Å². The van der Waals surface area contributed by atoms with E-state index in [9.17, 15) is 0 Å². The average Bonchev–Trinajstić information content (AvgIpc) is 3.28. The highest BCUT2D eigenvalue weighted by atomic mass is 32.1. The van der Waals surface area contributed by atoms with Crippen molar-refractivity contribution < 1.29 is 4.74 Å². The number of thiazole rings is 1. The Kier molecular flexibility index (Phi) is 6.50. The number of aliphatic imine (C=N–C) groups is 1. The van der Waals surface area contributed by atoms with Gasteiger partial charge in [-0.25, -0.2) is 4.98 Å². The molecule has 0 unspecified atom stereocenters. The summed E-state index contributed by atoms with van der Waals surface area (Å²) in [4.78, 5) is 9.90. The second kappa shape index (κ2) is 9.03. The molecular weight excluding hydrogens is 344 g/mol. The summed E-state index contributed by atoms with van der Waals surface area (Å²) in [5, 5.41) is 7.76. The van der Waals surface area contributed by atoms with Gasteiger partial charge in [0.2, 0.25) is 0 Å². The molecule has 5 nitrogen and oxygen atoms in total. The zero-order valence-electron chi connectivity index (χ0n) is 15.8. The third kappa shape index (κ3) is 5.21. The molecule has 0 aliphatic heterocycles. The van der Waals surface area contributed by atoms with Crippen LogP contribution >= 0.6 is 11.3 Å². The van der Waals surface area contributed by atoms with Gasteiger partial charge in [-0.1, -0.05) is 12.1 Å². The minimum atomic E-state index is 0.362. The molecule has 1 fully saturated rings. The quantitative estimate of drug-likeness (QED) is 0.595. The zero-order chi connectivity index (χ0) is 18.4. The lowest BCUT2D eigenvalue weighted by molar-refractivity contribution is 0.207. The molecule has 140 valence electrons. The summed E-state index contributed by atoms with van der Waals surface area (Å²) in [6, 6.07) is 6.42. The van der Waals surface area contributed by atoms with Crippen LogP contribution in [-0.4, -0.2) is 24.1 Å². The topological polar surface area (TPSA) is 58.5 Å². The fraction of sp³-hybridized carbons (Fsp3) is 0.500. The summed E-state index contributed by atoms with van der Waals surface area (Å²) in [5.74, 6) is 1.76. The standard InChI is InChI=1S/C20H28N4OS/c1-14-8-9-16(18(10-14)25-17-6-4-5-7-17)12-23-20(21-3)24-13-19-22-11-15(2)26-19/h8-11,17H,4-7,12-13H2,1-3H3,(H2,21,23,24). The summed E-state index contributed by atoms with van der Waals surface area (Å²) in [6.45, 7) is 5.53. The Morgan fingerprint density at radius 1 is 1.23 bits per heavy atom. The van der Waals surface area contributed by atoms with Crippen molar-refractivity contribution in [2.75, 3.05) is 7.05 Å². The van der Waals surface area contributed by atoms with Gasteiger partial charge >= 0.3 is 0 Å². The maximum Gasteiger partial charge on any atom is 0.191 e. The van der Waals surface area contributed by atoms with E-state index in [0.29, 0.717) is 19.2 Å². The number of nitrogens with zero attached hydrogens (tertiary/aromatic N) is 2. The van der Waals surface area contributed by atoms with Crippen molar-refractivity contribution in [2.24, 2.45) is 4.99 Å². The van der Waals surface area contributed by atoms with E-state index in [1.165, 1.54) is 23.3 Å². The first-order valence-corrected chi connectivity index (χ1v) is 10.1. The normalized spacial score (nSPS) is 15.3. The smallest absolute Gasteiger partial charge is 0.191 e. The number of aromatic nitrogens is 1. The van der Waals surface area contributed by atoms with Gasteiger partial charge in [0.1, 0.15) is 10.8 Å². The van der Waals surface area contributed by atoms with Crippen LogP contribution in [0.1, 0.15) is 46.7 Å². The summed E-state index contributed by atoms with van der Waals surface area (Å²) >= 11 is 1.70. The van der Waals surface area contributed by atoms with Crippen molar-refractivity contribution in [3.8, 4) is 5.75 Å². The van der Waals surface area contributed by atoms with Crippen molar-refractivity contribution in [2.45, 2.75) is 58.7 Å². The van der Waals surface area contributed by atoms with Gasteiger partial charge in [-0.3, -0.25) is 4.99 Å². The summed E-state index contributed by atoms with van der Waals surface area (Å²) < 4.78 is 6.28. The molecule has 6 heteroatoms. The Bertz CT molecular complexity index is 750. The van der Waals surface area contributed by atoms with Gasteiger partial charge in [0.15, 0.2) is 5.96 Å². The van der Waals surface area contributed by atoms with Crippen molar-refractivity contribution >= 4 is 17.3 Å². The van der Waals surface area contributed by atoms with Gasteiger partial charge in [0.25, 0.3) is 0 Å². The van der Waals surface area contributed by atoms with E-state index < -0.39 is 0 Å². The van der Waals surface area contributed by atoms with Crippen LogP contribution in [0, 0.1) is 13.8 Å². The number of ether oxygens (including phenoxy) is 1. The average molecular weight is 373 g/mol. The first-order chi connectivity index (χ1) is 12.6. The van der Waals surface area contributed by atoms with Crippen LogP contribution in [0.3, 0.4) is 0 Å². The molecule has 3 rings (SSSR count). The van der Waals surface area contributed by atoms with E-state index in [1.54, 1.807) is 18.4 Å². The molecule has 0 amide bonds. The van der Waals surface area contributed by atoms with Gasteiger partial charge in [-0.15, -0.1) is 11.3 Å². The van der Waals surface area contributed by atoms with Gasteiger partial charge in [-0.05, 0) is 51.2 Å². The molecule has 1 saturated carbocycles. The second-order valence-corrected chi connectivity index (χ2v) is 8.10. The molecule has 1 aromatic heterocycles. The minimum Gasteiger partial charge on any atom is -0.490 e. The van der Waals surface area contributed by atoms with Gasteiger partial charge in [0, 0.05) is 30.2 Å². The molecule has 0 spiro atoms. The maximum atomic E-state index is 6.28. The summed E-state index contributed by atoms with van der Waals surface area (Å²) in [6.07, 6.45) is 7.14. The SMILES string of the molecule is CN=C(NCc1ncc(C)s1)NCc1ccc(C)cc1OC1CCCC1. The van der Waals surface area contributed by atoms with Gasteiger partial charge in [0.05, 0.1) is 12.6 Å². The second-order valence-electron chi connectivity index (χ2n) is 6.78. The van der Waals surface area contributed by atoms with E-state index in [-0.39, 0.29) is 0 Å². The van der Waals surface area contributed by atoms with E-state index in [1.807, 2.05) is 6.20 Å². The molecule has 0 saturated heterocycles. The first-order valence-electron chi connectivity index (χ1n) is 9.26. The van der Waals surface area contributed by atoms with Crippen LogP contribution in [0.25, 0.3) is 0 Å². The summed E-state index contributed by atoms with van der Waals surface area (Å²) in [7, 11) is 1.79. The predicted octanol–water partition coefficient (Wildman–Crippen LogP) is 3.95. The molecule has 1 aliphatic carbocycles.